The van der Waals surface area contributed by atoms with E-state index in [1.54, 1.807) is 22.9 Å². The maximum atomic E-state index is 12.2. The first-order chi connectivity index (χ1) is 12.1. The topological polar surface area (TPSA) is 97.3 Å². The number of nitrogens with one attached hydrogen (secondary N) is 3. The highest BCUT2D eigenvalue weighted by Crippen LogP contribution is 2.27. The molecule has 0 saturated carbocycles. The Morgan fingerprint density at radius 1 is 1.19 bits per heavy atom. The lowest BCUT2D eigenvalue weighted by atomic mass is 10.1. The monoisotopic (exact) mass is 379 g/mol. The van der Waals surface area contributed by atoms with E-state index in [1.807, 2.05) is 27.7 Å². The first kappa shape index (κ1) is 19.6. The van der Waals surface area contributed by atoms with Gasteiger partial charge < -0.3 is 10.1 Å². The van der Waals surface area contributed by atoms with Gasteiger partial charge in [-0.3, -0.25) is 14.9 Å². The summed E-state index contributed by atoms with van der Waals surface area (Å²) in [5, 5.41) is 7.27. The molecule has 0 aliphatic carbocycles. The lowest BCUT2D eigenvalue weighted by Crippen LogP contribution is -2.44. The minimum atomic E-state index is -0.647. The molecule has 0 fully saturated rings. The van der Waals surface area contributed by atoms with Crippen LogP contribution in [0, 0.1) is 6.92 Å². The van der Waals surface area contributed by atoms with Crippen LogP contribution in [0.3, 0.4) is 0 Å². The van der Waals surface area contributed by atoms with Gasteiger partial charge in [-0.25, -0.2) is 10.2 Å². The van der Waals surface area contributed by atoms with Crippen molar-refractivity contribution in [3.8, 4) is 5.75 Å². The molecular formula is C17H22ClN5O3. The molecule has 1 aromatic heterocycles. The fourth-order valence-electron chi connectivity index (χ4n) is 2.37. The Balaban J connectivity index is 2.00. The molecule has 0 spiro atoms. The van der Waals surface area contributed by atoms with E-state index in [0.29, 0.717) is 16.5 Å². The van der Waals surface area contributed by atoms with Crippen molar-refractivity contribution in [1.29, 1.82) is 0 Å². The molecule has 0 aliphatic heterocycles. The van der Waals surface area contributed by atoms with Crippen molar-refractivity contribution in [3.05, 3.63) is 40.7 Å². The summed E-state index contributed by atoms with van der Waals surface area (Å²) in [5.41, 5.74) is 5.75. The highest BCUT2D eigenvalue weighted by atomic mass is 35.5. The summed E-state index contributed by atoms with van der Waals surface area (Å²) in [6, 6.07) is 5.80. The van der Waals surface area contributed by atoms with E-state index >= 15 is 0 Å². The normalized spacial score (nSPS) is 11.0. The van der Waals surface area contributed by atoms with Gasteiger partial charge >= 0.3 is 6.03 Å². The van der Waals surface area contributed by atoms with Gasteiger partial charge in [-0.05, 0) is 52.0 Å². The highest BCUT2D eigenvalue weighted by molar-refractivity contribution is 6.31. The van der Waals surface area contributed by atoms with Crippen LogP contribution >= 0.6 is 11.6 Å². The number of carbonyl (C=O) groups is 2. The molecule has 0 bridgehead atoms. The summed E-state index contributed by atoms with van der Waals surface area (Å²) >= 11 is 5.91. The van der Waals surface area contributed by atoms with E-state index in [4.69, 9.17) is 16.3 Å². The van der Waals surface area contributed by atoms with Crippen LogP contribution in [0.25, 0.3) is 0 Å². The van der Waals surface area contributed by atoms with E-state index in [-0.39, 0.29) is 11.2 Å². The molecule has 26 heavy (non-hydrogen) atoms. The third-order valence-corrected chi connectivity index (χ3v) is 3.69. The van der Waals surface area contributed by atoms with E-state index in [0.717, 1.165) is 5.69 Å². The Bertz CT molecular complexity index is 826. The minimum absolute atomic E-state index is 0.207. The van der Waals surface area contributed by atoms with Gasteiger partial charge in [0.05, 0.1) is 18.3 Å². The zero-order valence-corrected chi connectivity index (χ0v) is 16.1. The lowest BCUT2D eigenvalue weighted by molar-refractivity contribution is 0.0931. The fourth-order valence-corrected chi connectivity index (χ4v) is 2.55. The molecule has 0 radical (unpaired) electrons. The summed E-state index contributed by atoms with van der Waals surface area (Å²) in [7, 11) is 1.47. The predicted octanol–water partition coefficient (Wildman–Crippen LogP) is 3.08. The summed E-state index contributed by atoms with van der Waals surface area (Å²) in [6.45, 7) is 7.82. The molecule has 3 N–H and O–H groups in total. The fraction of sp³-hybridized carbons (Fsp3) is 0.353. The summed E-state index contributed by atoms with van der Waals surface area (Å²) < 4.78 is 6.89. The Morgan fingerprint density at radius 3 is 2.46 bits per heavy atom. The number of rotatable bonds is 3. The number of halogens is 1. The van der Waals surface area contributed by atoms with Gasteiger partial charge in [-0.2, -0.15) is 5.10 Å². The Morgan fingerprint density at radius 2 is 1.88 bits per heavy atom. The molecular weight excluding hydrogens is 358 g/mol. The second-order valence-corrected chi connectivity index (χ2v) is 7.07. The highest BCUT2D eigenvalue weighted by Gasteiger charge is 2.20. The van der Waals surface area contributed by atoms with Gasteiger partial charge in [0.1, 0.15) is 5.75 Å². The number of urea groups is 1. The average Bonchev–Trinajstić information content (AvgIpc) is 2.95. The molecule has 9 heteroatoms. The van der Waals surface area contributed by atoms with Crippen molar-refractivity contribution in [1.82, 2.24) is 20.6 Å². The molecule has 0 saturated heterocycles. The zero-order valence-electron chi connectivity index (χ0n) is 15.3. The van der Waals surface area contributed by atoms with Crippen LogP contribution in [-0.2, 0) is 5.54 Å². The third-order valence-electron chi connectivity index (χ3n) is 3.45. The smallest absolute Gasteiger partial charge is 0.338 e. The summed E-state index contributed by atoms with van der Waals surface area (Å²) in [6.07, 6.45) is 0. The van der Waals surface area contributed by atoms with E-state index in [9.17, 15) is 9.59 Å². The molecule has 8 nitrogen and oxygen atoms in total. The molecule has 0 unspecified atom stereocenters. The number of carbonyl (C=O) groups excluding carboxylic acids is 2. The van der Waals surface area contributed by atoms with Crippen molar-refractivity contribution in [3.63, 3.8) is 0 Å². The van der Waals surface area contributed by atoms with Crippen LogP contribution in [0.2, 0.25) is 5.02 Å². The minimum Gasteiger partial charge on any atom is -0.495 e. The van der Waals surface area contributed by atoms with Gasteiger partial charge in [-0.15, -0.1) is 0 Å². The van der Waals surface area contributed by atoms with Crippen molar-refractivity contribution in [2.45, 2.75) is 33.2 Å². The van der Waals surface area contributed by atoms with Crippen LogP contribution in [0.5, 0.6) is 5.75 Å². The SMILES string of the molecule is COc1ccc(Cl)cc1NC(=O)NNC(=O)c1cc(C)n(C(C)(C)C)n1. The number of hydrogen-bond acceptors (Lipinski definition) is 4. The number of methoxy groups -OCH3 is 1. The van der Waals surface area contributed by atoms with E-state index in [2.05, 4.69) is 21.3 Å². The molecule has 3 amide bonds. The van der Waals surface area contributed by atoms with Crippen molar-refractivity contribution in [2.75, 3.05) is 12.4 Å². The van der Waals surface area contributed by atoms with E-state index in [1.165, 1.54) is 13.2 Å². The number of aryl methyl sites for hydroxylation is 1. The molecule has 1 heterocycles. The molecule has 1 aromatic carbocycles. The molecule has 0 atom stereocenters. The van der Waals surface area contributed by atoms with Crippen LogP contribution < -0.4 is 20.9 Å². The summed E-state index contributed by atoms with van der Waals surface area (Å²) in [4.78, 5) is 24.2. The third kappa shape index (κ3) is 4.66. The molecule has 2 aromatic rings. The van der Waals surface area contributed by atoms with Crippen LogP contribution in [0.4, 0.5) is 10.5 Å². The number of aromatic nitrogens is 2. The Kier molecular flexibility index (Phi) is 5.76. The second-order valence-electron chi connectivity index (χ2n) is 6.63. The van der Waals surface area contributed by atoms with Crippen molar-refractivity contribution >= 4 is 29.2 Å². The Hall–Kier alpha value is -2.74. The molecule has 0 aliphatic rings. The predicted molar refractivity (Wildman–Crippen MR) is 99.6 cm³/mol. The van der Waals surface area contributed by atoms with Gasteiger partial charge in [0.15, 0.2) is 5.69 Å². The number of hydrazine groups is 1. The standard InChI is InChI=1S/C17H22ClN5O3/c1-10-8-13(22-23(10)17(2,3)4)15(24)20-21-16(25)19-12-9-11(18)6-7-14(12)26-5/h6-9H,1-5H3,(H,20,24)(H2,19,21,25). The quantitative estimate of drug-likeness (QED) is 0.714. The van der Waals surface area contributed by atoms with Gasteiger partial charge in [0, 0.05) is 10.7 Å². The number of ether oxygens (including phenoxy) is 1. The maximum Gasteiger partial charge on any atom is 0.338 e. The number of benzene rings is 1. The number of amides is 3. The number of hydrogen-bond donors (Lipinski definition) is 3. The van der Waals surface area contributed by atoms with Crippen LogP contribution in [0.15, 0.2) is 24.3 Å². The summed E-state index contributed by atoms with van der Waals surface area (Å²) in [5.74, 6) is -0.0836. The van der Waals surface area contributed by atoms with Crippen molar-refractivity contribution < 1.29 is 14.3 Å². The zero-order chi connectivity index (χ0) is 19.5. The average molecular weight is 380 g/mol. The molecule has 140 valence electrons. The maximum absolute atomic E-state index is 12.2. The second kappa shape index (κ2) is 7.65. The largest absolute Gasteiger partial charge is 0.495 e. The Labute approximate surface area is 156 Å². The van der Waals surface area contributed by atoms with Crippen molar-refractivity contribution in [2.24, 2.45) is 0 Å². The van der Waals surface area contributed by atoms with Crippen LogP contribution in [-0.4, -0.2) is 28.8 Å². The number of anilines is 1. The lowest BCUT2D eigenvalue weighted by Gasteiger charge is -2.21. The number of nitrogens with zero attached hydrogens (tertiary/aromatic N) is 2. The van der Waals surface area contributed by atoms with Gasteiger partial charge in [-0.1, -0.05) is 11.6 Å². The van der Waals surface area contributed by atoms with Crippen LogP contribution in [0.1, 0.15) is 37.0 Å². The van der Waals surface area contributed by atoms with E-state index < -0.39 is 11.9 Å². The first-order valence-corrected chi connectivity index (χ1v) is 8.27. The molecule has 2 rings (SSSR count). The first-order valence-electron chi connectivity index (χ1n) is 7.90. The van der Waals surface area contributed by atoms with Gasteiger partial charge in [0.25, 0.3) is 5.91 Å². The van der Waals surface area contributed by atoms with Gasteiger partial charge in [0.2, 0.25) is 0 Å².